The Labute approximate surface area is 195 Å². The molecule has 0 spiro atoms. The minimum absolute atomic E-state index is 0.411. The van der Waals surface area contributed by atoms with Gasteiger partial charge in [0.05, 0.1) is 5.52 Å². The van der Waals surface area contributed by atoms with Gasteiger partial charge in [0.1, 0.15) is 0 Å². The topological polar surface area (TPSA) is 31.4 Å². The van der Waals surface area contributed by atoms with Gasteiger partial charge in [-0.15, -0.1) is 0 Å². The Kier molecular flexibility index (Phi) is 8.09. The number of piperazine rings is 1. The van der Waals surface area contributed by atoms with Crippen LogP contribution in [0.4, 0.5) is 5.69 Å². The van der Waals surface area contributed by atoms with E-state index in [2.05, 4.69) is 68.8 Å². The van der Waals surface area contributed by atoms with Crippen molar-refractivity contribution in [2.75, 3.05) is 50.0 Å². The van der Waals surface area contributed by atoms with Crippen molar-refractivity contribution in [1.82, 2.24) is 14.8 Å². The van der Waals surface area contributed by atoms with E-state index < -0.39 is 0 Å². The smallest absolute Gasteiger partial charge is 0.0737 e. The summed E-state index contributed by atoms with van der Waals surface area (Å²) in [5.74, 6) is 1.15. The molecule has 31 heavy (non-hydrogen) atoms. The maximum absolute atomic E-state index is 6.16. The number of aromatic nitrogens is 1. The Bertz CT molecular complexity index is 960. The zero-order valence-corrected chi connectivity index (χ0v) is 19.7. The summed E-state index contributed by atoms with van der Waals surface area (Å²) in [6.07, 6.45) is 5.20. The number of fused-ring (bicyclic) bond motifs is 1. The van der Waals surface area contributed by atoms with Crippen LogP contribution in [-0.4, -0.2) is 65.6 Å². The van der Waals surface area contributed by atoms with E-state index >= 15 is 0 Å². The molecule has 2 heterocycles. The minimum atomic E-state index is 0.411. The Balaban J connectivity index is 1.37. The van der Waals surface area contributed by atoms with E-state index in [1.54, 1.807) is 0 Å². The molecule has 3 aromatic rings. The molecule has 0 saturated carbocycles. The standard InChI is InChI=1S/C25H31ClN4S/c1-31-16-10-22(28-24-9-11-27-25-17-21(26)7-8-23(24)25)19-30-14-12-29(13-15-30)18-20-5-3-2-4-6-20/h2-9,11,17,22H,10,12-16,18-19H2,1H3,(H,27,28). The second kappa shape index (κ2) is 11.2. The van der Waals surface area contributed by atoms with E-state index in [1.165, 1.54) is 5.56 Å². The van der Waals surface area contributed by atoms with Gasteiger partial charge in [-0.2, -0.15) is 11.8 Å². The summed E-state index contributed by atoms with van der Waals surface area (Å²) in [6.45, 7) is 6.61. The van der Waals surface area contributed by atoms with Gasteiger partial charge in [0.2, 0.25) is 0 Å². The van der Waals surface area contributed by atoms with E-state index in [-0.39, 0.29) is 0 Å². The summed E-state index contributed by atoms with van der Waals surface area (Å²) in [6, 6.07) is 19.2. The van der Waals surface area contributed by atoms with E-state index in [0.29, 0.717) is 6.04 Å². The maximum atomic E-state index is 6.16. The molecule has 1 N–H and O–H groups in total. The lowest BCUT2D eigenvalue weighted by Crippen LogP contribution is -2.49. The van der Waals surface area contributed by atoms with Gasteiger partial charge in [0.25, 0.3) is 0 Å². The molecule has 4 rings (SSSR count). The Morgan fingerprint density at radius 2 is 1.81 bits per heavy atom. The van der Waals surface area contributed by atoms with Crippen molar-refractivity contribution in [1.29, 1.82) is 0 Å². The fourth-order valence-corrected chi connectivity index (χ4v) is 4.91. The highest BCUT2D eigenvalue weighted by atomic mass is 35.5. The van der Waals surface area contributed by atoms with Crippen LogP contribution in [0.25, 0.3) is 10.9 Å². The summed E-state index contributed by atoms with van der Waals surface area (Å²) in [5, 5.41) is 5.68. The molecular weight excluding hydrogens is 424 g/mol. The molecule has 1 aliphatic rings. The lowest BCUT2D eigenvalue weighted by Gasteiger charge is -2.37. The number of pyridine rings is 1. The molecule has 1 aromatic heterocycles. The zero-order valence-electron chi connectivity index (χ0n) is 18.1. The largest absolute Gasteiger partial charge is 0.380 e. The van der Waals surface area contributed by atoms with Crippen LogP contribution in [0.1, 0.15) is 12.0 Å². The number of benzene rings is 2. The molecule has 0 radical (unpaired) electrons. The predicted octanol–water partition coefficient (Wildman–Crippen LogP) is 5.24. The number of rotatable bonds is 9. The first-order chi connectivity index (χ1) is 15.2. The zero-order chi connectivity index (χ0) is 21.5. The highest BCUT2D eigenvalue weighted by molar-refractivity contribution is 7.98. The molecule has 0 amide bonds. The average molecular weight is 455 g/mol. The monoisotopic (exact) mass is 454 g/mol. The Morgan fingerprint density at radius 3 is 2.58 bits per heavy atom. The third kappa shape index (κ3) is 6.36. The lowest BCUT2D eigenvalue weighted by molar-refractivity contribution is 0.123. The van der Waals surface area contributed by atoms with Crippen LogP contribution in [0.3, 0.4) is 0 Å². The molecule has 4 nitrogen and oxygen atoms in total. The number of hydrogen-bond donors (Lipinski definition) is 1. The molecule has 1 atom stereocenters. The average Bonchev–Trinajstić information content (AvgIpc) is 2.79. The number of thioether (sulfide) groups is 1. The van der Waals surface area contributed by atoms with Crippen molar-refractivity contribution in [3.05, 3.63) is 71.4 Å². The highest BCUT2D eigenvalue weighted by Gasteiger charge is 2.20. The van der Waals surface area contributed by atoms with E-state index in [0.717, 1.165) is 73.1 Å². The maximum Gasteiger partial charge on any atom is 0.0737 e. The highest BCUT2D eigenvalue weighted by Crippen LogP contribution is 2.25. The third-order valence-corrected chi connectivity index (χ3v) is 6.81. The number of anilines is 1. The first-order valence-electron chi connectivity index (χ1n) is 11.0. The summed E-state index contributed by atoms with van der Waals surface area (Å²) in [5.41, 5.74) is 3.49. The number of nitrogens with one attached hydrogen (secondary N) is 1. The first-order valence-corrected chi connectivity index (χ1v) is 12.8. The van der Waals surface area contributed by atoms with Crippen LogP contribution in [0.5, 0.6) is 0 Å². The molecule has 0 aliphatic carbocycles. The summed E-state index contributed by atoms with van der Waals surface area (Å²) in [4.78, 5) is 9.66. The van der Waals surface area contributed by atoms with E-state index in [4.69, 9.17) is 11.6 Å². The molecule has 1 aliphatic heterocycles. The molecule has 164 valence electrons. The van der Waals surface area contributed by atoms with Gasteiger partial charge in [0, 0.05) is 67.6 Å². The number of halogens is 1. The van der Waals surface area contributed by atoms with Crippen LogP contribution in [0, 0.1) is 0 Å². The van der Waals surface area contributed by atoms with Crippen LogP contribution in [0.15, 0.2) is 60.8 Å². The molecule has 1 saturated heterocycles. The van der Waals surface area contributed by atoms with Gasteiger partial charge in [-0.05, 0) is 48.3 Å². The normalized spacial score (nSPS) is 16.5. The van der Waals surface area contributed by atoms with Gasteiger partial charge in [-0.3, -0.25) is 14.8 Å². The van der Waals surface area contributed by atoms with E-state index in [1.807, 2.05) is 30.1 Å². The summed E-state index contributed by atoms with van der Waals surface area (Å²) >= 11 is 8.08. The van der Waals surface area contributed by atoms with Crippen molar-refractivity contribution in [2.24, 2.45) is 0 Å². The third-order valence-electron chi connectivity index (χ3n) is 5.93. The predicted molar refractivity (Wildman–Crippen MR) is 135 cm³/mol. The van der Waals surface area contributed by atoms with Gasteiger partial charge < -0.3 is 5.32 Å². The fourth-order valence-electron chi connectivity index (χ4n) is 4.22. The van der Waals surface area contributed by atoms with Gasteiger partial charge >= 0.3 is 0 Å². The first kappa shape index (κ1) is 22.4. The molecule has 1 unspecified atom stereocenters. The second-order valence-corrected chi connectivity index (χ2v) is 9.63. The minimum Gasteiger partial charge on any atom is -0.380 e. The van der Waals surface area contributed by atoms with Crippen molar-refractivity contribution in [3.8, 4) is 0 Å². The molecule has 1 fully saturated rings. The van der Waals surface area contributed by atoms with Crippen molar-refractivity contribution in [2.45, 2.75) is 19.0 Å². The summed E-state index contributed by atoms with van der Waals surface area (Å²) < 4.78 is 0. The Morgan fingerprint density at radius 1 is 1.03 bits per heavy atom. The second-order valence-electron chi connectivity index (χ2n) is 8.21. The van der Waals surface area contributed by atoms with Crippen molar-refractivity contribution >= 4 is 40.0 Å². The number of hydrogen-bond acceptors (Lipinski definition) is 5. The summed E-state index contributed by atoms with van der Waals surface area (Å²) in [7, 11) is 0. The van der Waals surface area contributed by atoms with Crippen molar-refractivity contribution < 1.29 is 0 Å². The van der Waals surface area contributed by atoms with Gasteiger partial charge in [-0.1, -0.05) is 41.9 Å². The van der Waals surface area contributed by atoms with Gasteiger partial charge in [0.15, 0.2) is 0 Å². The van der Waals surface area contributed by atoms with Crippen LogP contribution >= 0.6 is 23.4 Å². The molecular formula is C25H31ClN4S. The molecule has 0 bridgehead atoms. The van der Waals surface area contributed by atoms with Crippen LogP contribution < -0.4 is 5.32 Å². The number of nitrogens with zero attached hydrogens (tertiary/aromatic N) is 3. The van der Waals surface area contributed by atoms with E-state index in [9.17, 15) is 0 Å². The van der Waals surface area contributed by atoms with Gasteiger partial charge in [-0.25, -0.2) is 0 Å². The molecule has 2 aromatic carbocycles. The SMILES string of the molecule is CSCCC(CN1CCN(Cc2ccccc2)CC1)Nc1ccnc2cc(Cl)ccc12. The van der Waals surface area contributed by atoms with Crippen molar-refractivity contribution in [3.63, 3.8) is 0 Å². The van der Waals surface area contributed by atoms with Crippen LogP contribution in [0.2, 0.25) is 5.02 Å². The van der Waals surface area contributed by atoms with Crippen LogP contribution in [-0.2, 0) is 6.54 Å². The fraction of sp³-hybridized carbons (Fsp3) is 0.400. The quantitative estimate of drug-likeness (QED) is 0.478. The molecule has 6 heteroatoms. The Hall–Kier alpha value is -1.79. The lowest BCUT2D eigenvalue weighted by atomic mass is 10.1.